The van der Waals surface area contributed by atoms with Crippen LogP contribution in [0.2, 0.25) is 5.02 Å². The summed E-state index contributed by atoms with van der Waals surface area (Å²) in [6.07, 6.45) is 2.96. The maximum absolute atomic E-state index is 12.4. The fourth-order valence-electron chi connectivity index (χ4n) is 2.19. The fourth-order valence-corrected chi connectivity index (χ4v) is 4.60. The topological polar surface area (TPSA) is 83.5 Å². The summed E-state index contributed by atoms with van der Waals surface area (Å²) in [4.78, 5) is 11.2. The molecule has 114 valence electrons. The van der Waals surface area contributed by atoms with Gasteiger partial charge in [0, 0.05) is 4.47 Å². The second-order valence-corrected chi connectivity index (χ2v) is 7.84. The zero-order chi connectivity index (χ0) is 15.6. The molecule has 1 aromatic rings. The molecule has 5 nitrogen and oxygen atoms in total. The van der Waals surface area contributed by atoms with Gasteiger partial charge in [-0.3, -0.25) is 4.72 Å². The van der Waals surface area contributed by atoms with Crippen LogP contribution in [0.15, 0.2) is 34.3 Å². The number of sulfonamides is 1. The molecule has 0 fully saturated rings. The highest BCUT2D eigenvalue weighted by atomic mass is 79.9. The summed E-state index contributed by atoms with van der Waals surface area (Å²) in [5.74, 6) is -1.20. The lowest BCUT2D eigenvalue weighted by molar-refractivity contribution is -0.132. The van der Waals surface area contributed by atoms with Crippen molar-refractivity contribution in [3.8, 4) is 0 Å². The highest BCUT2D eigenvalue weighted by Crippen LogP contribution is 2.30. The molecule has 1 unspecified atom stereocenters. The van der Waals surface area contributed by atoms with Gasteiger partial charge in [-0.2, -0.15) is 0 Å². The first-order valence-electron chi connectivity index (χ1n) is 6.21. The molecule has 0 heterocycles. The summed E-state index contributed by atoms with van der Waals surface area (Å²) < 4.78 is 27.9. The Bertz CT molecular complexity index is 702. The van der Waals surface area contributed by atoms with Gasteiger partial charge in [0.25, 0.3) is 0 Å². The quantitative estimate of drug-likeness (QED) is 0.820. The number of benzene rings is 1. The monoisotopic (exact) mass is 393 g/mol. The zero-order valence-electron chi connectivity index (χ0n) is 10.8. The van der Waals surface area contributed by atoms with Gasteiger partial charge in [0.05, 0.1) is 16.3 Å². The Morgan fingerprint density at radius 2 is 2.14 bits per heavy atom. The maximum atomic E-state index is 12.4. The number of carboxylic acid groups (broad SMARTS) is 1. The zero-order valence-corrected chi connectivity index (χ0v) is 14.0. The Labute approximate surface area is 136 Å². The van der Waals surface area contributed by atoms with Gasteiger partial charge in [0.1, 0.15) is 5.25 Å². The summed E-state index contributed by atoms with van der Waals surface area (Å²) in [7, 11) is -3.86. The predicted molar refractivity (Wildman–Crippen MR) is 85.1 cm³/mol. The molecule has 0 saturated heterocycles. The van der Waals surface area contributed by atoms with E-state index in [1.807, 2.05) is 0 Å². The molecular weight excluding hydrogens is 382 g/mol. The molecule has 0 saturated carbocycles. The summed E-state index contributed by atoms with van der Waals surface area (Å²) >= 11 is 9.22. The lowest BCUT2D eigenvalue weighted by atomic mass is 9.99. The van der Waals surface area contributed by atoms with Gasteiger partial charge >= 0.3 is 5.97 Å². The van der Waals surface area contributed by atoms with E-state index in [0.29, 0.717) is 12.8 Å². The van der Waals surface area contributed by atoms with Crippen LogP contribution in [0.5, 0.6) is 0 Å². The van der Waals surface area contributed by atoms with E-state index in [2.05, 4.69) is 20.7 Å². The molecule has 1 aliphatic rings. The van der Waals surface area contributed by atoms with Gasteiger partial charge in [-0.25, -0.2) is 13.2 Å². The van der Waals surface area contributed by atoms with Gasteiger partial charge in [0.2, 0.25) is 10.0 Å². The van der Waals surface area contributed by atoms with Crippen molar-refractivity contribution in [1.82, 2.24) is 0 Å². The first kappa shape index (κ1) is 16.3. The largest absolute Gasteiger partial charge is 0.478 e. The van der Waals surface area contributed by atoms with Crippen LogP contribution in [-0.2, 0) is 14.8 Å². The lowest BCUT2D eigenvalue weighted by Gasteiger charge is -2.22. The van der Waals surface area contributed by atoms with Gasteiger partial charge in [-0.1, -0.05) is 33.6 Å². The molecule has 0 bridgehead atoms. The average Bonchev–Trinajstić information content (AvgIpc) is 2.42. The number of carboxylic acids is 1. The van der Waals surface area contributed by atoms with Crippen molar-refractivity contribution in [1.29, 1.82) is 0 Å². The van der Waals surface area contributed by atoms with Crippen LogP contribution in [0.3, 0.4) is 0 Å². The molecule has 0 aromatic heterocycles. The van der Waals surface area contributed by atoms with Crippen LogP contribution in [0.1, 0.15) is 19.3 Å². The minimum atomic E-state index is -3.86. The van der Waals surface area contributed by atoms with Crippen LogP contribution in [0.4, 0.5) is 5.69 Å². The Morgan fingerprint density at radius 1 is 1.43 bits per heavy atom. The molecular formula is C13H13BrClNO4S. The number of hydrogen-bond acceptors (Lipinski definition) is 3. The van der Waals surface area contributed by atoms with E-state index in [4.69, 9.17) is 16.7 Å². The van der Waals surface area contributed by atoms with Crippen LogP contribution in [0, 0.1) is 0 Å². The Morgan fingerprint density at radius 3 is 2.76 bits per heavy atom. The first-order valence-corrected chi connectivity index (χ1v) is 8.93. The standard InChI is InChI=1S/C13H13BrClNO4S/c14-8-5-6-11(10(15)7-8)16-21(19,20)12-4-2-1-3-9(12)13(17)18/h3,5-7,12,16H,1-2,4H2,(H,17,18). The Balaban J connectivity index is 2.31. The predicted octanol–water partition coefficient (Wildman–Crippen LogP) is 3.41. The molecule has 0 amide bonds. The first-order chi connectivity index (χ1) is 9.81. The molecule has 0 aliphatic heterocycles. The molecule has 1 atom stereocenters. The minimum absolute atomic E-state index is 0.0815. The molecule has 2 rings (SSSR count). The highest BCUT2D eigenvalue weighted by molar-refractivity contribution is 9.10. The smallest absolute Gasteiger partial charge is 0.332 e. The van der Waals surface area contributed by atoms with Crippen molar-refractivity contribution >= 4 is 49.2 Å². The average molecular weight is 395 g/mol. The number of nitrogens with one attached hydrogen (secondary N) is 1. The van der Waals surface area contributed by atoms with Crippen molar-refractivity contribution in [2.24, 2.45) is 0 Å². The molecule has 0 radical (unpaired) electrons. The summed E-state index contributed by atoms with van der Waals surface area (Å²) in [5.41, 5.74) is 0.150. The Hall–Kier alpha value is -1.05. The highest BCUT2D eigenvalue weighted by Gasteiger charge is 2.34. The number of aliphatic carboxylic acids is 1. The van der Waals surface area contributed by atoms with E-state index >= 15 is 0 Å². The minimum Gasteiger partial charge on any atom is -0.478 e. The molecule has 21 heavy (non-hydrogen) atoms. The SMILES string of the molecule is O=C(O)C1=CCCCC1S(=O)(=O)Nc1ccc(Br)cc1Cl. The van der Waals surface area contributed by atoms with Gasteiger partial charge < -0.3 is 5.11 Å². The van der Waals surface area contributed by atoms with Crippen molar-refractivity contribution < 1.29 is 18.3 Å². The van der Waals surface area contributed by atoms with Crippen LogP contribution >= 0.6 is 27.5 Å². The molecule has 8 heteroatoms. The number of rotatable bonds is 4. The number of halogens is 2. The third kappa shape index (κ3) is 3.78. The summed E-state index contributed by atoms with van der Waals surface area (Å²) in [6.45, 7) is 0. The van der Waals surface area contributed by atoms with Crippen molar-refractivity contribution in [2.45, 2.75) is 24.5 Å². The number of hydrogen-bond donors (Lipinski definition) is 2. The van der Waals surface area contributed by atoms with E-state index < -0.39 is 21.2 Å². The lowest BCUT2D eigenvalue weighted by Crippen LogP contribution is -2.34. The van der Waals surface area contributed by atoms with Gasteiger partial charge in [-0.15, -0.1) is 0 Å². The van der Waals surface area contributed by atoms with E-state index in [9.17, 15) is 13.2 Å². The van der Waals surface area contributed by atoms with Crippen molar-refractivity contribution in [3.63, 3.8) is 0 Å². The van der Waals surface area contributed by atoms with E-state index in [0.717, 1.165) is 4.47 Å². The molecule has 0 spiro atoms. The fraction of sp³-hybridized carbons (Fsp3) is 0.308. The maximum Gasteiger partial charge on any atom is 0.332 e. The number of anilines is 1. The molecule has 2 N–H and O–H groups in total. The second kappa shape index (κ2) is 6.37. The van der Waals surface area contributed by atoms with Gasteiger partial charge in [0.15, 0.2) is 0 Å². The van der Waals surface area contributed by atoms with Crippen LogP contribution in [-0.4, -0.2) is 24.7 Å². The second-order valence-electron chi connectivity index (χ2n) is 4.66. The summed E-state index contributed by atoms with van der Waals surface area (Å²) in [6, 6.07) is 4.74. The van der Waals surface area contributed by atoms with Crippen LogP contribution in [0.25, 0.3) is 0 Å². The van der Waals surface area contributed by atoms with E-state index in [-0.39, 0.29) is 22.7 Å². The van der Waals surface area contributed by atoms with Gasteiger partial charge in [-0.05, 0) is 37.5 Å². The number of carbonyl (C=O) groups is 1. The van der Waals surface area contributed by atoms with Crippen molar-refractivity contribution in [3.05, 3.63) is 39.3 Å². The van der Waals surface area contributed by atoms with E-state index in [1.165, 1.54) is 12.1 Å². The third-order valence-corrected chi connectivity index (χ3v) is 5.74. The Kier molecular flexibility index (Phi) is 4.95. The van der Waals surface area contributed by atoms with E-state index in [1.54, 1.807) is 12.1 Å². The third-order valence-electron chi connectivity index (χ3n) is 3.19. The molecule has 1 aliphatic carbocycles. The van der Waals surface area contributed by atoms with Crippen molar-refractivity contribution in [2.75, 3.05) is 4.72 Å². The summed E-state index contributed by atoms with van der Waals surface area (Å²) in [5, 5.41) is 8.31. The number of allylic oxidation sites excluding steroid dienone is 1. The normalized spacial score (nSPS) is 19.0. The van der Waals surface area contributed by atoms with Crippen LogP contribution < -0.4 is 4.72 Å². The molecule has 1 aromatic carbocycles.